The summed E-state index contributed by atoms with van der Waals surface area (Å²) in [5.41, 5.74) is 4.52. The number of nitro groups is 1. The van der Waals surface area contributed by atoms with Gasteiger partial charge in [0.05, 0.1) is 59.0 Å². The van der Waals surface area contributed by atoms with Crippen molar-refractivity contribution in [1.82, 2.24) is 0 Å². The second-order valence-corrected chi connectivity index (χ2v) is 27.8. The molecule has 0 amide bonds. The topological polar surface area (TPSA) is 92.5 Å². The van der Waals surface area contributed by atoms with Gasteiger partial charge in [-0.3, -0.25) is 10.1 Å². The van der Waals surface area contributed by atoms with Crippen molar-refractivity contribution in [2.24, 2.45) is 0 Å². The minimum atomic E-state index is -1.00. The molecule has 96 heavy (non-hydrogen) atoms. The van der Waals surface area contributed by atoms with Crippen LogP contribution in [0, 0.1) is 58.5 Å². The summed E-state index contributed by atoms with van der Waals surface area (Å²) >= 11 is 0. The van der Waals surface area contributed by atoms with Crippen LogP contribution in [0.25, 0.3) is 6.08 Å². The molecule has 4 aromatic carbocycles. The van der Waals surface area contributed by atoms with Gasteiger partial charge >= 0.3 is 0 Å². The molecule has 9 nitrogen and oxygen atoms in total. The number of anilines is 1. The highest BCUT2D eigenvalue weighted by atomic mass is 16.6. The van der Waals surface area contributed by atoms with Gasteiger partial charge < -0.3 is 28.6 Å². The first kappa shape index (κ1) is 78.1. The summed E-state index contributed by atoms with van der Waals surface area (Å²) in [5.74, 6) is 22.2. The van der Waals surface area contributed by atoms with Crippen LogP contribution in [-0.2, 0) is 5.41 Å². The molecule has 1 atom stereocenters. The van der Waals surface area contributed by atoms with Crippen molar-refractivity contribution in [3.63, 3.8) is 0 Å². The van der Waals surface area contributed by atoms with Crippen LogP contribution in [-0.4, -0.2) is 44.1 Å². The molecule has 4 aromatic rings. The van der Waals surface area contributed by atoms with Crippen molar-refractivity contribution in [1.29, 1.82) is 0 Å². The molecule has 522 valence electrons. The molecule has 0 N–H and O–H groups in total. The molecule has 0 bridgehead atoms. The zero-order valence-corrected chi connectivity index (χ0v) is 60.9. The molecule has 0 fully saturated rings. The predicted molar refractivity (Wildman–Crippen MR) is 403 cm³/mol. The molecule has 9 heteroatoms. The van der Waals surface area contributed by atoms with E-state index in [1.807, 2.05) is 43.5 Å². The van der Waals surface area contributed by atoms with E-state index in [1.54, 1.807) is 12.1 Å². The summed E-state index contributed by atoms with van der Waals surface area (Å²) in [6.45, 7) is 15.6. The summed E-state index contributed by atoms with van der Waals surface area (Å²) in [7, 11) is 2.04. The van der Waals surface area contributed by atoms with E-state index in [0.29, 0.717) is 77.4 Å². The smallest absolute Gasteiger partial charge is 0.285 e. The zero-order valence-electron chi connectivity index (χ0n) is 60.9. The van der Waals surface area contributed by atoms with E-state index in [2.05, 4.69) is 100 Å². The van der Waals surface area contributed by atoms with Gasteiger partial charge in [-0.05, 0) is 75.4 Å². The van der Waals surface area contributed by atoms with E-state index < -0.39 is 11.1 Å². The molecule has 0 aliphatic carbocycles. The summed E-state index contributed by atoms with van der Waals surface area (Å²) < 4.78 is 33.1. The molecule has 0 aromatic heterocycles. The van der Waals surface area contributed by atoms with Crippen molar-refractivity contribution in [3.05, 3.63) is 115 Å². The van der Waals surface area contributed by atoms with E-state index in [-0.39, 0.29) is 16.2 Å². The van der Waals surface area contributed by atoms with Crippen molar-refractivity contribution >= 4 is 17.5 Å². The van der Waals surface area contributed by atoms with Crippen LogP contribution in [0.15, 0.2) is 60.7 Å². The molecule has 0 radical (unpaired) electrons. The average Bonchev–Trinajstić information content (AvgIpc) is 1.53. The minimum absolute atomic E-state index is 0.115. The maximum atomic E-state index is 12.9. The third-order valence-corrected chi connectivity index (χ3v) is 19.7. The molecule has 2 aliphatic heterocycles. The highest BCUT2D eigenvalue weighted by Gasteiger charge is 2.58. The Labute approximate surface area is 583 Å². The number of unbranched alkanes of at least 4 members (excludes halogenated alkanes) is 36. The van der Waals surface area contributed by atoms with Gasteiger partial charge in [0, 0.05) is 60.3 Å². The second-order valence-electron chi connectivity index (χ2n) is 27.8. The lowest BCUT2D eigenvalue weighted by Gasteiger charge is -2.45. The van der Waals surface area contributed by atoms with Crippen LogP contribution in [0.2, 0.25) is 0 Å². The monoisotopic (exact) mass is 1310 g/mol. The summed E-state index contributed by atoms with van der Waals surface area (Å²) in [5, 5.41) is 12.9. The number of rotatable bonds is 49. The number of nitrogens with zero attached hydrogens (tertiary/aromatic N) is 2. The molecule has 1 spiro atoms. The Hall–Kier alpha value is -6.94. The van der Waals surface area contributed by atoms with E-state index >= 15 is 0 Å². The van der Waals surface area contributed by atoms with Crippen LogP contribution in [0.3, 0.4) is 0 Å². The lowest BCUT2D eigenvalue weighted by Crippen LogP contribution is -2.58. The van der Waals surface area contributed by atoms with Crippen molar-refractivity contribution in [2.45, 2.75) is 310 Å². The van der Waals surface area contributed by atoms with E-state index in [0.717, 1.165) is 80.2 Å². The van der Waals surface area contributed by atoms with Crippen LogP contribution in [0.1, 0.15) is 343 Å². The van der Waals surface area contributed by atoms with E-state index in [9.17, 15) is 10.1 Å². The molecular weight excluding hydrogens is 1180 g/mol. The quantitative estimate of drug-likeness (QED) is 0.0187. The van der Waals surface area contributed by atoms with Gasteiger partial charge in [0.2, 0.25) is 5.72 Å². The molecule has 2 heterocycles. The Morgan fingerprint density at radius 1 is 0.438 bits per heavy atom. The van der Waals surface area contributed by atoms with Crippen molar-refractivity contribution in [2.75, 3.05) is 38.4 Å². The molecule has 1 unspecified atom stereocenters. The number of nitro benzene ring substituents is 1. The van der Waals surface area contributed by atoms with Crippen LogP contribution < -0.4 is 28.6 Å². The SMILES string of the molecule is C#Cc1cc(OCCCCCCCCCCCC)c(C#Cc2ccc3c(c2)C(C)(C)C2(C=Cc4cc([N+](=O)[O-])c(C#Cc5cc(OCCCCCCCCCCCC)c(C#C)cc5OCCCCCCCCCCCC)cc4O2)N3C)cc1OCCCCCCCCCCCC. The number of benzene rings is 4. The largest absolute Gasteiger partial charge is 0.492 e. The normalized spacial score (nSPS) is 14.0. The van der Waals surface area contributed by atoms with Crippen LogP contribution in [0.4, 0.5) is 11.4 Å². The standard InChI is InChI=1S/C87H122N2O7/c1-10-16-20-24-28-32-36-40-44-48-60-92-81-69-75(83(66-72(81)14-5)94-62-50-46-42-38-34-30-26-22-18-12-3)54-52-71-53-57-79-78(64-71)86(7,8)87(88(79)9)59-58-77-65-80(89(90)91)74(68-85(77)96-87)55-56-76-70-82(93-61-49-45-41-37-33-29-25-21-17-11-2)73(15-6)67-84(76)95-63-51-47-43-39-35-31-27-23-19-13-4/h5-6,53,57-59,64-70H,10-13,16-51,60-63H2,1-4,7-9H3. The third-order valence-electron chi connectivity index (χ3n) is 19.7. The van der Waals surface area contributed by atoms with Gasteiger partial charge in [-0.15, -0.1) is 12.8 Å². The first-order valence-corrected chi connectivity index (χ1v) is 38.4. The Balaban J connectivity index is 1.21. The zero-order chi connectivity index (χ0) is 68.5. The molecule has 0 saturated carbocycles. The first-order chi connectivity index (χ1) is 46.9. The van der Waals surface area contributed by atoms with Gasteiger partial charge in [-0.25, -0.2) is 0 Å². The van der Waals surface area contributed by atoms with Crippen LogP contribution in [0.5, 0.6) is 28.7 Å². The third kappa shape index (κ3) is 25.2. The molecule has 2 aliphatic rings. The Morgan fingerprint density at radius 3 is 1.14 bits per heavy atom. The number of hydrogen-bond donors (Lipinski definition) is 0. The Bertz CT molecular complexity index is 3210. The van der Waals surface area contributed by atoms with Gasteiger partial charge in [-0.2, -0.15) is 0 Å². The van der Waals surface area contributed by atoms with Crippen molar-refractivity contribution in [3.8, 4) is 77.1 Å². The Morgan fingerprint density at radius 2 is 0.771 bits per heavy atom. The predicted octanol–water partition coefficient (Wildman–Crippen LogP) is 24.1. The molecular formula is C87H122N2O7. The van der Waals surface area contributed by atoms with E-state index in [4.69, 9.17) is 36.5 Å². The number of terminal acetylenes is 2. The number of ether oxygens (including phenoxy) is 5. The minimum Gasteiger partial charge on any atom is -0.492 e. The second kappa shape index (κ2) is 44.8. The lowest BCUT2D eigenvalue weighted by atomic mass is 9.76. The van der Waals surface area contributed by atoms with Gasteiger partial charge in [-0.1, -0.05) is 294 Å². The fourth-order valence-corrected chi connectivity index (χ4v) is 13.6. The fraction of sp³-hybridized carbons (Fsp3) is 0.609. The maximum Gasteiger partial charge on any atom is 0.285 e. The number of hydrogen-bond acceptors (Lipinski definition) is 8. The summed E-state index contributed by atoms with van der Waals surface area (Å²) in [4.78, 5) is 14.7. The van der Waals surface area contributed by atoms with E-state index in [1.165, 1.54) is 199 Å². The number of fused-ring (bicyclic) bond motifs is 2. The average molecular weight is 1310 g/mol. The van der Waals surface area contributed by atoms with Crippen molar-refractivity contribution < 1.29 is 28.6 Å². The molecule has 0 saturated heterocycles. The highest BCUT2D eigenvalue weighted by Crippen LogP contribution is 2.55. The van der Waals surface area contributed by atoms with Gasteiger partial charge in [0.25, 0.3) is 5.69 Å². The van der Waals surface area contributed by atoms with Gasteiger partial charge in [0.15, 0.2) is 0 Å². The Kier molecular flexibility index (Phi) is 36.4. The fourth-order valence-electron chi connectivity index (χ4n) is 13.6. The van der Waals surface area contributed by atoms with Crippen LogP contribution >= 0.6 is 0 Å². The maximum absolute atomic E-state index is 12.9. The highest BCUT2D eigenvalue weighted by molar-refractivity contribution is 5.75. The first-order valence-electron chi connectivity index (χ1n) is 38.4. The van der Waals surface area contributed by atoms with Gasteiger partial charge in [0.1, 0.15) is 34.3 Å². The molecule has 6 rings (SSSR count). The lowest BCUT2D eigenvalue weighted by molar-refractivity contribution is -0.385. The summed E-state index contributed by atoms with van der Waals surface area (Å²) in [6.07, 6.45) is 65.7. The number of likely N-dealkylation sites (N-methyl/N-ethyl adjacent to an activating group) is 1. The summed E-state index contributed by atoms with van der Waals surface area (Å²) in [6, 6.07) is 17.2.